The molecule has 0 radical (unpaired) electrons. The van der Waals surface area contributed by atoms with Crippen molar-refractivity contribution in [3.05, 3.63) is 45.1 Å². The van der Waals surface area contributed by atoms with E-state index in [-0.39, 0.29) is 30.0 Å². The van der Waals surface area contributed by atoms with Crippen molar-refractivity contribution in [2.24, 2.45) is 5.92 Å². The highest BCUT2D eigenvalue weighted by atomic mass is 19.1. The van der Waals surface area contributed by atoms with Gasteiger partial charge in [0.15, 0.2) is 5.82 Å². The van der Waals surface area contributed by atoms with Crippen LogP contribution in [0.3, 0.4) is 0 Å². The number of nitrogens with one attached hydrogen (secondary N) is 1. The molecule has 4 rings (SSSR count). The molecule has 1 aliphatic heterocycles. The molecule has 1 aliphatic carbocycles. The predicted molar refractivity (Wildman–Crippen MR) is 131 cm³/mol. The fourth-order valence-electron chi connectivity index (χ4n) is 4.89. The van der Waals surface area contributed by atoms with Gasteiger partial charge in [0, 0.05) is 13.1 Å². The third-order valence-corrected chi connectivity index (χ3v) is 6.59. The second kappa shape index (κ2) is 9.17. The summed E-state index contributed by atoms with van der Waals surface area (Å²) in [5.41, 5.74) is 1.28. The number of hydrogen-bond acceptors (Lipinski definition) is 6. The number of anilines is 1. The molecule has 1 amide bonds. The SMILES string of the molecule is CCOC(=O)c1cc(C2CC2)c2c(C)c(N3C[C@H](C)[C@H](NC(=O)OC(C)(C)C)C3)c(F)cn2c1=O. The molecule has 0 spiro atoms. The number of aryl methyl sites for hydroxylation is 1. The molecule has 0 aromatic carbocycles. The second-order valence-electron chi connectivity index (χ2n) is 10.6. The van der Waals surface area contributed by atoms with Crippen LogP contribution in [0.2, 0.25) is 0 Å². The zero-order valence-corrected chi connectivity index (χ0v) is 21.2. The van der Waals surface area contributed by atoms with Gasteiger partial charge in [0.2, 0.25) is 0 Å². The fourth-order valence-corrected chi connectivity index (χ4v) is 4.89. The van der Waals surface area contributed by atoms with Gasteiger partial charge < -0.3 is 19.7 Å². The van der Waals surface area contributed by atoms with Crippen LogP contribution >= 0.6 is 0 Å². The van der Waals surface area contributed by atoms with E-state index in [0.29, 0.717) is 29.9 Å². The van der Waals surface area contributed by atoms with E-state index in [0.717, 1.165) is 18.4 Å². The lowest BCUT2D eigenvalue weighted by Gasteiger charge is -2.25. The first-order valence-electron chi connectivity index (χ1n) is 12.2. The molecular weight excluding hydrogens is 453 g/mol. The third kappa shape index (κ3) is 4.99. The molecule has 1 N–H and O–H groups in total. The molecule has 0 unspecified atom stereocenters. The molecule has 0 bridgehead atoms. The first kappa shape index (κ1) is 25.0. The maximum atomic E-state index is 15.6. The summed E-state index contributed by atoms with van der Waals surface area (Å²) in [6.45, 7) is 12.0. The lowest BCUT2D eigenvalue weighted by Crippen LogP contribution is -2.42. The van der Waals surface area contributed by atoms with Gasteiger partial charge in [-0.15, -0.1) is 0 Å². The molecule has 2 atom stereocenters. The average Bonchev–Trinajstić information content (AvgIpc) is 3.52. The number of alkyl carbamates (subject to hydrolysis) is 1. The van der Waals surface area contributed by atoms with Crippen molar-refractivity contribution < 1.29 is 23.5 Å². The maximum absolute atomic E-state index is 15.6. The number of amides is 1. The Morgan fingerprint density at radius 1 is 1.23 bits per heavy atom. The lowest BCUT2D eigenvalue weighted by atomic mass is 10.0. The molecule has 190 valence electrons. The summed E-state index contributed by atoms with van der Waals surface area (Å²) in [5.74, 6) is -0.964. The highest BCUT2D eigenvalue weighted by molar-refractivity contribution is 5.90. The Balaban J connectivity index is 1.73. The van der Waals surface area contributed by atoms with Crippen molar-refractivity contribution >= 4 is 23.3 Å². The van der Waals surface area contributed by atoms with Crippen LogP contribution in [-0.2, 0) is 9.47 Å². The minimum absolute atomic E-state index is 0.0637. The van der Waals surface area contributed by atoms with Crippen LogP contribution in [0.4, 0.5) is 14.9 Å². The Hall–Kier alpha value is -3.10. The number of halogens is 1. The minimum Gasteiger partial charge on any atom is -0.462 e. The van der Waals surface area contributed by atoms with E-state index in [4.69, 9.17) is 9.47 Å². The van der Waals surface area contributed by atoms with E-state index < -0.39 is 29.0 Å². The fraction of sp³-hybridized carbons (Fsp3) is 0.577. The third-order valence-electron chi connectivity index (χ3n) is 6.59. The summed E-state index contributed by atoms with van der Waals surface area (Å²) < 4.78 is 27.3. The van der Waals surface area contributed by atoms with Crippen LogP contribution < -0.4 is 15.8 Å². The standard InChI is InChI=1S/C26H34FN3O5/c1-7-34-24(32)18-10-17(16-8-9-16)21-15(3)22(19(27)12-30(21)23(18)31)29-11-14(2)20(13-29)28-25(33)35-26(4,5)6/h10,12,14,16,20H,7-9,11,13H2,1-6H3,(H,28,33)/t14-,20+/m0/s1. The van der Waals surface area contributed by atoms with Crippen molar-refractivity contribution in [3.8, 4) is 0 Å². The number of pyridine rings is 2. The van der Waals surface area contributed by atoms with Crippen molar-refractivity contribution in [3.63, 3.8) is 0 Å². The Morgan fingerprint density at radius 2 is 1.91 bits per heavy atom. The van der Waals surface area contributed by atoms with Gasteiger partial charge in [-0.3, -0.25) is 9.20 Å². The van der Waals surface area contributed by atoms with E-state index in [1.54, 1.807) is 33.8 Å². The van der Waals surface area contributed by atoms with Crippen molar-refractivity contribution in [1.82, 2.24) is 9.72 Å². The van der Waals surface area contributed by atoms with Crippen LogP contribution in [-0.4, -0.2) is 47.8 Å². The zero-order chi connectivity index (χ0) is 25.7. The molecule has 1 saturated heterocycles. The average molecular weight is 488 g/mol. The first-order chi connectivity index (χ1) is 16.4. The topological polar surface area (TPSA) is 89.3 Å². The van der Waals surface area contributed by atoms with Crippen molar-refractivity contribution in [2.75, 3.05) is 24.6 Å². The summed E-state index contributed by atoms with van der Waals surface area (Å²) in [6.07, 6.45) is 2.57. The second-order valence-corrected chi connectivity index (χ2v) is 10.6. The monoisotopic (exact) mass is 487 g/mol. The number of ether oxygens (including phenoxy) is 2. The molecule has 9 heteroatoms. The molecule has 2 aromatic heterocycles. The smallest absolute Gasteiger partial charge is 0.407 e. The first-order valence-corrected chi connectivity index (χ1v) is 12.2. The summed E-state index contributed by atoms with van der Waals surface area (Å²) in [4.78, 5) is 39.8. The number of carbonyl (C=O) groups excluding carboxylic acids is 2. The Morgan fingerprint density at radius 3 is 2.51 bits per heavy atom. The summed E-state index contributed by atoms with van der Waals surface area (Å²) in [5, 5.41) is 2.91. The predicted octanol–water partition coefficient (Wildman–Crippen LogP) is 4.15. The van der Waals surface area contributed by atoms with Crippen molar-refractivity contribution in [1.29, 1.82) is 0 Å². The van der Waals surface area contributed by atoms with E-state index in [1.807, 2.05) is 18.7 Å². The van der Waals surface area contributed by atoms with Gasteiger partial charge in [-0.2, -0.15) is 0 Å². The van der Waals surface area contributed by atoms with Crippen LogP contribution in [0.15, 0.2) is 17.1 Å². The maximum Gasteiger partial charge on any atom is 0.407 e. The molecule has 1 saturated carbocycles. The number of aromatic nitrogens is 1. The van der Waals surface area contributed by atoms with Crippen LogP contribution in [0.25, 0.3) is 5.52 Å². The Labute approximate surface area is 204 Å². The summed E-state index contributed by atoms with van der Waals surface area (Å²) >= 11 is 0. The normalized spacial score (nSPS) is 20.3. The van der Waals surface area contributed by atoms with E-state index >= 15 is 4.39 Å². The van der Waals surface area contributed by atoms with Crippen LogP contribution in [0.1, 0.15) is 74.9 Å². The summed E-state index contributed by atoms with van der Waals surface area (Å²) in [6, 6.07) is 1.41. The Kier molecular flexibility index (Phi) is 6.55. The van der Waals surface area contributed by atoms with E-state index in [2.05, 4.69) is 5.32 Å². The summed E-state index contributed by atoms with van der Waals surface area (Å²) in [7, 11) is 0. The molecular formula is C26H34FN3O5. The number of hydrogen-bond donors (Lipinski definition) is 1. The zero-order valence-electron chi connectivity index (χ0n) is 21.2. The molecule has 2 fully saturated rings. The van der Waals surface area contributed by atoms with Gasteiger partial charge in [-0.05, 0) is 76.5 Å². The molecule has 8 nitrogen and oxygen atoms in total. The highest BCUT2D eigenvalue weighted by Gasteiger charge is 2.36. The van der Waals surface area contributed by atoms with Gasteiger partial charge >= 0.3 is 12.1 Å². The molecule has 2 aromatic rings. The van der Waals surface area contributed by atoms with E-state index in [1.165, 1.54) is 10.6 Å². The molecule has 35 heavy (non-hydrogen) atoms. The number of carbonyl (C=O) groups is 2. The van der Waals surface area contributed by atoms with Gasteiger partial charge in [-0.1, -0.05) is 6.92 Å². The van der Waals surface area contributed by atoms with Crippen molar-refractivity contribution in [2.45, 2.75) is 71.9 Å². The van der Waals surface area contributed by atoms with Crippen LogP contribution in [0.5, 0.6) is 0 Å². The largest absolute Gasteiger partial charge is 0.462 e. The number of rotatable bonds is 5. The van der Waals surface area contributed by atoms with Crippen LogP contribution in [0, 0.1) is 18.7 Å². The molecule has 3 heterocycles. The number of esters is 1. The van der Waals surface area contributed by atoms with Gasteiger partial charge in [0.25, 0.3) is 5.56 Å². The minimum atomic E-state index is -0.694. The van der Waals surface area contributed by atoms with Gasteiger partial charge in [-0.25, -0.2) is 14.0 Å². The lowest BCUT2D eigenvalue weighted by molar-refractivity contribution is 0.0495. The number of fused-ring (bicyclic) bond motifs is 1. The van der Waals surface area contributed by atoms with Gasteiger partial charge in [0.05, 0.1) is 30.0 Å². The highest BCUT2D eigenvalue weighted by Crippen LogP contribution is 2.44. The van der Waals surface area contributed by atoms with Gasteiger partial charge in [0.1, 0.15) is 11.2 Å². The molecule has 2 aliphatic rings. The van der Waals surface area contributed by atoms with E-state index in [9.17, 15) is 14.4 Å². The Bertz CT molecular complexity index is 1230. The number of nitrogens with zero attached hydrogens (tertiary/aromatic N) is 2. The quantitative estimate of drug-likeness (QED) is 0.638.